The molecule has 0 aromatic carbocycles. The lowest BCUT2D eigenvalue weighted by atomic mass is 10.5. The molecule has 116 valence electrons. The Balaban J connectivity index is 1.31. The van der Waals surface area contributed by atoms with Crippen molar-refractivity contribution in [2.45, 2.75) is 0 Å². The predicted molar refractivity (Wildman–Crippen MR) is 84.4 cm³/mol. The van der Waals surface area contributed by atoms with Gasteiger partial charge in [-0.1, -0.05) is 0 Å². The second-order valence-electron chi connectivity index (χ2n) is 6.08. The lowest BCUT2D eigenvalue weighted by Gasteiger charge is -2.26. The van der Waals surface area contributed by atoms with Crippen LogP contribution in [0.3, 0.4) is 0 Å². The fraction of sp³-hybridized carbons (Fsp3) is 0.600. The van der Waals surface area contributed by atoms with Gasteiger partial charge in [0.1, 0.15) is 0 Å². The van der Waals surface area contributed by atoms with Gasteiger partial charge in [-0.05, 0) is 0 Å². The first-order valence-electron chi connectivity index (χ1n) is 7.61. The molecule has 0 fully saturated rings. The van der Waals surface area contributed by atoms with Crippen molar-refractivity contribution in [1.82, 2.24) is 29.4 Å². The molecular weight excluding hydrogens is 264 g/mol. The van der Waals surface area contributed by atoms with Crippen LogP contribution in [0.5, 0.6) is 0 Å². The Kier molecular flexibility index (Phi) is 4.13. The quantitative estimate of drug-likeness (QED) is 0.700. The third-order valence-electron chi connectivity index (χ3n) is 4.07. The Labute approximate surface area is 127 Å². The molecule has 6 heteroatoms. The maximum absolute atomic E-state index is 2.39. The summed E-state index contributed by atoms with van der Waals surface area (Å²) < 4.78 is 0. The predicted octanol–water partition coefficient (Wildman–Crippen LogP) is 0.385. The van der Waals surface area contributed by atoms with E-state index in [-0.39, 0.29) is 0 Å². The Morgan fingerprint density at radius 1 is 0.524 bits per heavy atom. The third-order valence-corrected chi connectivity index (χ3v) is 4.07. The highest BCUT2D eigenvalue weighted by molar-refractivity contribution is 4.94. The van der Waals surface area contributed by atoms with Crippen LogP contribution >= 0.6 is 0 Å². The lowest BCUT2D eigenvalue weighted by Crippen LogP contribution is -2.35. The Bertz CT molecular complexity index is 394. The molecule has 6 nitrogen and oxygen atoms in total. The number of hydrogen-bond acceptors (Lipinski definition) is 6. The topological polar surface area (TPSA) is 19.4 Å². The summed E-state index contributed by atoms with van der Waals surface area (Å²) in [6.07, 6.45) is 13.0. The van der Waals surface area contributed by atoms with Gasteiger partial charge in [0.05, 0.1) is 20.0 Å². The summed E-state index contributed by atoms with van der Waals surface area (Å²) in [4.78, 5) is 13.9. The molecule has 3 aliphatic rings. The van der Waals surface area contributed by atoms with E-state index in [4.69, 9.17) is 0 Å². The summed E-state index contributed by atoms with van der Waals surface area (Å²) >= 11 is 0. The van der Waals surface area contributed by atoms with E-state index in [0.29, 0.717) is 0 Å². The minimum atomic E-state index is 1.01. The highest BCUT2D eigenvalue weighted by Crippen LogP contribution is 2.10. The van der Waals surface area contributed by atoms with Gasteiger partial charge in [-0.3, -0.25) is 0 Å². The van der Waals surface area contributed by atoms with Crippen LogP contribution in [0, 0.1) is 0 Å². The molecule has 0 radical (unpaired) electrons. The minimum Gasteiger partial charge on any atom is -0.362 e. The zero-order valence-corrected chi connectivity index (χ0v) is 13.1. The fourth-order valence-electron chi connectivity index (χ4n) is 2.79. The molecule has 0 N–H and O–H groups in total. The van der Waals surface area contributed by atoms with E-state index < -0.39 is 0 Å². The normalized spacial score (nSPS) is 20.9. The smallest absolute Gasteiger partial charge is 0.0895 e. The number of rotatable bonds is 6. The molecule has 3 aliphatic heterocycles. The second-order valence-corrected chi connectivity index (χ2v) is 6.08. The van der Waals surface area contributed by atoms with Crippen LogP contribution in [0.1, 0.15) is 0 Å². The van der Waals surface area contributed by atoms with E-state index in [1.54, 1.807) is 0 Å². The Morgan fingerprint density at radius 3 is 1.19 bits per heavy atom. The molecule has 0 unspecified atom stereocenters. The SMILES string of the molecule is CN1C=CN(CCN2C=CN(CCN3C=CN(C)C3)C2)C1. The summed E-state index contributed by atoms with van der Waals surface area (Å²) in [5.41, 5.74) is 0. The fourth-order valence-corrected chi connectivity index (χ4v) is 2.79. The van der Waals surface area contributed by atoms with Crippen molar-refractivity contribution >= 4 is 0 Å². The van der Waals surface area contributed by atoms with Crippen LogP contribution in [0.2, 0.25) is 0 Å². The molecule has 0 saturated heterocycles. The van der Waals surface area contributed by atoms with Crippen molar-refractivity contribution in [1.29, 1.82) is 0 Å². The summed E-state index contributed by atoms with van der Waals surface area (Å²) in [7, 11) is 4.22. The highest BCUT2D eigenvalue weighted by Gasteiger charge is 2.15. The van der Waals surface area contributed by atoms with Crippen LogP contribution in [0.15, 0.2) is 37.2 Å². The van der Waals surface area contributed by atoms with Gasteiger partial charge in [-0.2, -0.15) is 0 Å². The largest absolute Gasteiger partial charge is 0.362 e. The van der Waals surface area contributed by atoms with E-state index in [2.05, 4.69) is 80.7 Å². The summed E-state index contributed by atoms with van der Waals surface area (Å²) in [6, 6.07) is 0. The second kappa shape index (κ2) is 6.20. The van der Waals surface area contributed by atoms with Crippen LogP contribution in [-0.2, 0) is 0 Å². The van der Waals surface area contributed by atoms with Crippen molar-refractivity contribution in [2.24, 2.45) is 0 Å². The van der Waals surface area contributed by atoms with E-state index in [9.17, 15) is 0 Å². The van der Waals surface area contributed by atoms with Gasteiger partial charge in [0.15, 0.2) is 0 Å². The average molecular weight is 290 g/mol. The van der Waals surface area contributed by atoms with Crippen LogP contribution < -0.4 is 0 Å². The van der Waals surface area contributed by atoms with Gasteiger partial charge >= 0.3 is 0 Å². The van der Waals surface area contributed by atoms with Crippen molar-refractivity contribution in [2.75, 3.05) is 60.3 Å². The molecule has 21 heavy (non-hydrogen) atoms. The summed E-state index contributed by atoms with van der Waals surface area (Å²) in [5.74, 6) is 0. The van der Waals surface area contributed by atoms with Crippen LogP contribution in [0.25, 0.3) is 0 Å². The van der Waals surface area contributed by atoms with Gasteiger partial charge in [-0.15, -0.1) is 0 Å². The molecule has 0 aromatic heterocycles. The van der Waals surface area contributed by atoms with Crippen molar-refractivity contribution in [3.05, 3.63) is 37.2 Å². The monoisotopic (exact) mass is 290 g/mol. The molecule has 0 bridgehead atoms. The maximum atomic E-state index is 2.39. The highest BCUT2D eigenvalue weighted by atomic mass is 15.4. The van der Waals surface area contributed by atoms with Crippen molar-refractivity contribution in [3.8, 4) is 0 Å². The first-order valence-corrected chi connectivity index (χ1v) is 7.61. The average Bonchev–Trinajstić information content (AvgIpc) is 3.16. The first-order chi connectivity index (χ1) is 10.2. The molecular formula is C15H26N6. The Morgan fingerprint density at radius 2 is 0.857 bits per heavy atom. The Hall–Kier alpha value is -1.98. The van der Waals surface area contributed by atoms with Gasteiger partial charge < -0.3 is 29.4 Å². The lowest BCUT2D eigenvalue weighted by molar-refractivity contribution is 0.209. The molecule has 0 atom stereocenters. The van der Waals surface area contributed by atoms with E-state index in [0.717, 1.165) is 46.2 Å². The maximum Gasteiger partial charge on any atom is 0.0895 e. The van der Waals surface area contributed by atoms with Crippen LogP contribution in [0.4, 0.5) is 0 Å². The molecule has 0 spiro atoms. The molecule has 3 heterocycles. The van der Waals surface area contributed by atoms with Crippen molar-refractivity contribution < 1.29 is 0 Å². The van der Waals surface area contributed by atoms with E-state index in [1.807, 2.05) is 0 Å². The van der Waals surface area contributed by atoms with Gasteiger partial charge in [0, 0.05) is 77.5 Å². The molecule has 0 saturated carbocycles. The molecule has 3 rings (SSSR count). The minimum absolute atomic E-state index is 1.01. The van der Waals surface area contributed by atoms with Gasteiger partial charge in [0.2, 0.25) is 0 Å². The summed E-state index contributed by atoms with van der Waals surface area (Å²) in [5, 5.41) is 0. The summed E-state index contributed by atoms with van der Waals surface area (Å²) in [6.45, 7) is 7.36. The zero-order valence-electron chi connectivity index (χ0n) is 13.1. The number of nitrogens with zero attached hydrogens (tertiary/aromatic N) is 6. The van der Waals surface area contributed by atoms with E-state index >= 15 is 0 Å². The third kappa shape index (κ3) is 3.77. The molecule has 0 aromatic rings. The van der Waals surface area contributed by atoms with E-state index in [1.165, 1.54) is 0 Å². The standard InChI is InChI=1S/C15H26N6/c1-16-3-5-18(13-16)7-9-20-11-12-21(15-20)10-8-19-6-4-17(2)14-19/h3-6,11-12H,7-10,13-15H2,1-2H3. The van der Waals surface area contributed by atoms with Gasteiger partial charge in [-0.25, -0.2) is 0 Å². The molecule has 0 amide bonds. The van der Waals surface area contributed by atoms with Crippen LogP contribution in [-0.4, -0.2) is 89.7 Å². The first kappa shape index (κ1) is 14.0. The van der Waals surface area contributed by atoms with Crippen molar-refractivity contribution in [3.63, 3.8) is 0 Å². The zero-order chi connectivity index (χ0) is 14.7. The molecule has 0 aliphatic carbocycles. The number of hydrogen-bond donors (Lipinski definition) is 0. The van der Waals surface area contributed by atoms with Gasteiger partial charge in [0.25, 0.3) is 0 Å².